The lowest BCUT2D eigenvalue weighted by atomic mass is 10.1. The molecule has 0 saturated carbocycles. The van der Waals surface area contributed by atoms with Gasteiger partial charge in [-0.25, -0.2) is 4.79 Å². The Kier molecular flexibility index (Phi) is 6.26. The van der Waals surface area contributed by atoms with E-state index < -0.39 is 5.97 Å². The van der Waals surface area contributed by atoms with E-state index in [-0.39, 0.29) is 24.7 Å². The second-order valence-corrected chi connectivity index (χ2v) is 7.66. The number of fused-ring (bicyclic) bond motifs is 1. The van der Waals surface area contributed by atoms with E-state index in [1.165, 1.54) is 26.4 Å². The highest BCUT2D eigenvalue weighted by molar-refractivity contribution is 6.00. The number of ketones is 1. The Labute approximate surface area is 191 Å². The molecule has 0 amide bonds. The van der Waals surface area contributed by atoms with E-state index in [2.05, 4.69) is 0 Å². The predicted octanol–water partition coefficient (Wildman–Crippen LogP) is 3.94. The summed E-state index contributed by atoms with van der Waals surface area (Å²) in [5.74, 6) is 1.45. The maximum absolute atomic E-state index is 12.8. The largest absolute Gasteiger partial charge is 0.497 e. The molecule has 172 valence electrons. The number of esters is 1. The van der Waals surface area contributed by atoms with Crippen molar-refractivity contribution in [2.75, 3.05) is 27.6 Å². The number of carbonyl (C=O) groups is 2. The molecular weight excluding hydrogens is 426 g/mol. The summed E-state index contributed by atoms with van der Waals surface area (Å²) in [6.07, 6.45) is 0. The van der Waals surface area contributed by atoms with Gasteiger partial charge < -0.3 is 28.3 Å². The van der Waals surface area contributed by atoms with Crippen LogP contribution in [-0.4, -0.2) is 43.9 Å². The van der Waals surface area contributed by atoms with Crippen LogP contribution < -0.4 is 18.9 Å². The molecule has 0 bridgehead atoms. The van der Waals surface area contributed by atoms with Crippen LogP contribution in [0.1, 0.15) is 37.7 Å². The minimum absolute atomic E-state index is 0.222. The van der Waals surface area contributed by atoms with Crippen molar-refractivity contribution in [1.29, 1.82) is 0 Å². The van der Waals surface area contributed by atoms with Gasteiger partial charge in [0, 0.05) is 29.6 Å². The van der Waals surface area contributed by atoms with Crippen LogP contribution in [-0.2, 0) is 11.3 Å². The summed E-state index contributed by atoms with van der Waals surface area (Å²) < 4.78 is 28.5. The molecule has 8 heteroatoms. The summed E-state index contributed by atoms with van der Waals surface area (Å²) in [5, 5.41) is 0. The number of carbonyl (C=O) groups excluding carboxylic acids is 2. The number of hydrogen-bond donors (Lipinski definition) is 0. The van der Waals surface area contributed by atoms with Crippen molar-refractivity contribution in [3.05, 3.63) is 70.5 Å². The third kappa shape index (κ3) is 4.64. The number of hydrogen-bond acceptors (Lipinski definition) is 7. The minimum Gasteiger partial charge on any atom is -0.497 e. The monoisotopic (exact) mass is 451 g/mol. The number of methoxy groups -OCH3 is 2. The number of aromatic nitrogens is 1. The van der Waals surface area contributed by atoms with E-state index in [1.54, 1.807) is 6.07 Å². The quantitative estimate of drug-likeness (QED) is 0.379. The molecule has 2 heterocycles. The summed E-state index contributed by atoms with van der Waals surface area (Å²) in [5.41, 5.74) is 3.52. The molecule has 1 aliphatic rings. The summed E-state index contributed by atoms with van der Waals surface area (Å²) in [7, 11) is 2.99. The van der Waals surface area contributed by atoms with Gasteiger partial charge in [0.25, 0.3) is 0 Å². The average Bonchev–Trinajstić information content (AvgIpc) is 3.41. The number of aryl methyl sites for hydroxylation is 1. The molecule has 3 aromatic rings. The van der Waals surface area contributed by atoms with Crippen molar-refractivity contribution in [2.24, 2.45) is 0 Å². The first-order valence-corrected chi connectivity index (χ1v) is 10.4. The molecule has 0 spiro atoms. The zero-order chi connectivity index (χ0) is 23.5. The molecule has 33 heavy (non-hydrogen) atoms. The smallest absolute Gasteiger partial charge is 0.338 e. The number of benzene rings is 2. The average molecular weight is 451 g/mol. The van der Waals surface area contributed by atoms with Crippen LogP contribution in [0.3, 0.4) is 0 Å². The summed E-state index contributed by atoms with van der Waals surface area (Å²) in [6.45, 7) is 4.24. The highest BCUT2D eigenvalue weighted by atomic mass is 16.7. The van der Waals surface area contributed by atoms with Crippen LogP contribution in [0.25, 0.3) is 0 Å². The Bertz CT molecular complexity index is 1190. The van der Waals surface area contributed by atoms with Gasteiger partial charge in [-0.05, 0) is 49.7 Å². The normalized spacial score (nSPS) is 11.9. The van der Waals surface area contributed by atoms with Crippen LogP contribution in [0.15, 0.2) is 42.5 Å². The van der Waals surface area contributed by atoms with Crippen LogP contribution in [0, 0.1) is 13.8 Å². The lowest BCUT2D eigenvalue weighted by molar-refractivity contribution is 0.0474. The van der Waals surface area contributed by atoms with Crippen molar-refractivity contribution < 1.29 is 33.3 Å². The summed E-state index contributed by atoms with van der Waals surface area (Å²) in [4.78, 5) is 25.3. The third-order valence-electron chi connectivity index (χ3n) is 5.57. The molecule has 0 atom stereocenters. The molecule has 2 aromatic carbocycles. The number of nitrogens with zero attached hydrogens (tertiary/aromatic N) is 1. The lowest BCUT2D eigenvalue weighted by Crippen LogP contribution is -2.15. The minimum atomic E-state index is -0.630. The molecule has 0 unspecified atom stereocenters. The molecular formula is C25H25NO7. The maximum Gasteiger partial charge on any atom is 0.338 e. The number of Topliss-reactive ketones (excluding diaryl/α,β-unsaturated/α-hetero) is 1. The first-order chi connectivity index (χ1) is 15.9. The Balaban J connectivity index is 1.45. The van der Waals surface area contributed by atoms with Gasteiger partial charge in [0.2, 0.25) is 12.6 Å². The van der Waals surface area contributed by atoms with Gasteiger partial charge in [-0.15, -0.1) is 0 Å². The van der Waals surface area contributed by atoms with E-state index >= 15 is 0 Å². The fraction of sp³-hybridized carbons (Fsp3) is 0.280. The van der Waals surface area contributed by atoms with Crippen molar-refractivity contribution in [3.63, 3.8) is 0 Å². The third-order valence-corrected chi connectivity index (χ3v) is 5.57. The van der Waals surface area contributed by atoms with Crippen molar-refractivity contribution >= 4 is 11.8 Å². The van der Waals surface area contributed by atoms with Crippen molar-refractivity contribution in [3.8, 4) is 23.0 Å². The Morgan fingerprint density at radius 1 is 0.939 bits per heavy atom. The van der Waals surface area contributed by atoms with Crippen LogP contribution in [0.2, 0.25) is 0 Å². The van der Waals surface area contributed by atoms with Crippen LogP contribution in [0.5, 0.6) is 23.0 Å². The van der Waals surface area contributed by atoms with Gasteiger partial charge in [-0.2, -0.15) is 0 Å². The number of rotatable bonds is 8. The molecule has 0 aliphatic carbocycles. The van der Waals surface area contributed by atoms with E-state index in [9.17, 15) is 9.59 Å². The first-order valence-electron chi connectivity index (χ1n) is 10.4. The zero-order valence-corrected chi connectivity index (χ0v) is 19.0. The predicted molar refractivity (Wildman–Crippen MR) is 120 cm³/mol. The van der Waals surface area contributed by atoms with E-state index in [0.29, 0.717) is 29.4 Å². The molecule has 1 aliphatic heterocycles. The molecule has 1 aromatic heterocycles. The molecule has 0 radical (unpaired) electrons. The van der Waals surface area contributed by atoms with Gasteiger partial charge in [0.15, 0.2) is 18.1 Å². The Hall–Kier alpha value is -3.94. The standard InChI is InChI=1S/C25H25NO7/c1-15-7-21(16(2)26(15)12-17-5-6-23-24(8-17)33-14-32-23)22(27)13-31-25(28)18-9-19(29-3)11-20(10-18)30-4/h5-11H,12-14H2,1-4H3. The topological polar surface area (TPSA) is 85.2 Å². The molecule has 8 nitrogen and oxygen atoms in total. The molecule has 4 rings (SSSR count). The van der Waals surface area contributed by atoms with Gasteiger partial charge in [0.1, 0.15) is 11.5 Å². The fourth-order valence-electron chi connectivity index (χ4n) is 3.77. The highest BCUT2D eigenvalue weighted by Crippen LogP contribution is 2.33. The van der Waals surface area contributed by atoms with Gasteiger partial charge in [-0.3, -0.25) is 4.79 Å². The summed E-state index contributed by atoms with van der Waals surface area (Å²) in [6, 6.07) is 12.3. The summed E-state index contributed by atoms with van der Waals surface area (Å²) >= 11 is 0. The van der Waals surface area contributed by atoms with Gasteiger partial charge in [-0.1, -0.05) is 6.07 Å². The van der Waals surface area contributed by atoms with Crippen LogP contribution in [0.4, 0.5) is 0 Å². The van der Waals surface area contributed by atoms with Crippen molar-refractivity contribution in [2.45, 2.75) is 20.4 Å². The molecule has 0 saturated heterocycles. The Morgan fingerprint density at radius 3 is 2.33 bits per heavy atom. The maximum atomic E-state index is 12.8. The first kappa shape index (κ1) is 22.3. The zero-order valence-electron chi connectivity index (χ0n) is 19.0. The fourth-order valence-corrected chi connectivity index (χ4v) is 3.77. The van der Waals surface area contributed by atoms with Gasteiger partial charge in [0.05, 0.1) is 19.8 Å². The molecule has 0 N–H and O–H groups in total. The second-order valence-electron chi connectivity index (χ2n) is 7.66. The van der Waals surface area contributed by atoms with E-state index in [0.717, 1.165) is 22.7 Å². The second kappa shape index (κ2) is 9.28. The molecule has 0 fully saturated rings. The van der Waals surface area contributed by atoms with Crippen LogP contribution >= 0.6 is 0 Å². The highest BCUT2D eigenvalue weighted by Gasteiger charge is 2.20. The van der Waals surface area contributed by atoms with Crippen molar-refractivity contribution in [1.82, 2.24) is 4.57 Å². The SMILES string of the molecule is COc1cc(OC)cc(C(=O)OCC(=O)c2cc(C)n(Cc3ccc4c(c3)OCO4)c2C)c1. The van der Waals surface area contributed by atoms with Gasteiger partial charge >= 0.3 is 5.97 Å². The number of ether oxygens (including phenoxy) is 5. The van der Waals surface area contributed by atoms with E-state index in [1.807, 2.05) is 42.7 Å². The van der Waals surface area contributed by atoms with E-state index in [4.69, 9.17) is 23.7 Å². The lowest BCUT2D eigenvalue weighted by Gasteiger charge is -2.11. The Morgan fingerprint density at radius 2 is 1.64 bits per heavy atom.